The third-order valence-electron chi connectivity index (χ3n) is 5.20. The number of hydrogen-bond donors (Lipinski definition) is 1. The number of carbonyl (C=O) groups is 1. The maximum Gasteiger partial charge on any atom is 0.283 e. The number of hydrazone groups is 1. The molecule has 2 aliphatic rings. The molecule has 0 radical (unpaired) electrons. The second-order valence-corrected chi connectivity index (χ2v) is 9.66. The zero-order chi connectivity index (χ0) is 24.9. The Morgan fingerprint density at radius 2 is 1.94 bits per heavy atom. The number of nitrogens with zero attached hydrogens (tertiary/aromatic N) is 3. The van der Waals surface area contributed by atoms with Crippen molar-refractivity contribution in [3.8, 4) is 17.2 Å². The largest absolute Gasteiger partial charge is 0.493 e. The summed E-state index contributed by atoms with van der Waals surface area (Å²) in [6.07, 6.45) is 3.32. The predicted octanol–water partition coefficient (Wildman–Crippen LogP) is 5.64. The number of amides is 1. The van der Waals surface area contributed by atoms with E-state index in [0.29, 0.717) is 39.9 Å². The van der Waals surface area contributed by atoms with Gasteiger partial charge in [0.1, 0.15) is 24.0 Å². The minimum atomic E-state index is -0.467. The molecule has 10 heteroatoms. The number of nitrogens with one attached hydrogen (secondary N) is 1. The Kier molecular flexibility index (Phi) is 7.92. The molecule has 0 spiro atoms. The molecule has 0 unspecified atom stereocenters. The highest BCUT2D eigenvalue weighted by atomic mass is 79.9. The molecule has 2 aliphatic heterocycles. The quantitative estimate of drug-likeness (QED) is 0.317. The molecule has 0 atom stereocenters. The summed E-state index contributed by atoms with van der Waals surface area (Å²) in [6, 6.07) is 11.4. The van der Waals surface area contributed by atoms with Crippen molar-refractivity contribution in [1.82, 2.24) is 5.01 Å². The Balaban J connectivity index is 1.49. The average molecular weight is 557 g/mol. The zero-order valence-electron chi connectivity index (χ0n) is 19.6. The molecule has 182 valence electrons. The van der Waals surface area contributed by atoms with E-state index in [1.807, 2.05) is 31.2 Å². The van der Waals surface area contributed by atoms with E-state index in [0.717, 1.165) is 29.2 Å². The summed E-state index contributed by atoms with van der Waals surface area (Å²) < 4.78 is 17.9. The van der Waals surface area contributed by atoms with E-state index in [-0.39, 0.29) is 11.4 Å². The lowest BCUT2D eigenvalue weighted by Crippen LogP contribution is -2.35. The van der Waals surface area contributed by atoms with Gasteiger partial charge in [-0.15, -0.1) is 0 Å². The molecular weight excluding hydrogens is 532 g/mol. The Morgan fingerprint density at radius 3 is 2.69 bits per heavy atom. The number of aliphatic imine (C=N–C) groups is 1. The van der Waals surface area contributed by atoms with Crippen LogP contribution in [0.25, 0.3) is 6.08 Å². The number of carbonyl (C=O) groups excluding carboxylic acids is 1. The van der Waals surface area contributed by atoms with E-state index < -0.39 is 5.91 Å². The van der Waals surface area contributed by atoms with Gasteiger partial charge in [-0.1, -0.05) is 25.1 Å². The van der Waals surface area contributed by atoms with Gasteiger partial charge < -0.3 is 14.2 Å². The lowest BCUT2D eigenvalue weighted by atomic mass is 10.1. The first-order valence-corrected chi connectivity index (χ1v) is 12.7. The second-order valence-electron chi connectivity index (χ2n) is 7.76. The van der Waals surface area contributed by atoms with Crippen LogP contribution in [-0.4, -0.2) is 47.3 Å². The van der Waals surface area contributed by atoms with Crippen LogP contribution in [0.1, 0.15) is 30.9 Å². The van der Waals surface area contributed by atoms with Crippen LogP contribution >= 0.6 is 27.7 Å². The van der Waals surface area contributed by atoms with Crippen molar-refractivity contribution >= 4 is 55.7 Å². The number of methoxy groups -OCH3 is 1. The Hall–Kier alpha value is -3.11. The number of amidine groups is 2. The molecular formula is C25H25BrN4O4S. The number of aryl methyl sites for hydroxylation is 1. The van der Waals surface area contributed by atoms with Crippen molar-refractivity contribution in [3.05, 3.63) is 57.6 Å². The number of rotatable bonds is 9. The van der Waals surface area contributed by atoms with Gasteiger partial charge in [0.25, 0.3) is 5.91 Å². The third kappa shape index (κ3) is 5.59. The SMILES string of the molecule is CCCC1=NN2C(=N)C(=Cc3cc(Br)c(OCCOc4ccccc4C)c(OC)c3)C(=O)N=C2S1. The summed E-state index contributed by atoms with van der Waals surface area (Å²) in [7, 11) is 1.55. The Morgan fingerprint density at radius 1 is 1.17 bits per heavy atom. The lowest BCUT2D eigenvalue weighted by molar-refractivity contribution is -0.114. The zero-order valence-corrected chi connectivity index (χ0v) is 22.0. The first-order chi connectivity index (χ1) is 16.9. The molecule has 0 fully saturated rings. The monoisotopic (exact) mass is 556 g/mol. The number of benzene rings is 2. The van der Waals surface area contributed by atoms with E-state index >= 15 is 0 Å². The van der Waals surface area contributed by atoms with Gasteiger partial charge in [0, 0.05) is 0 Å². The molecule has 0 saturated heterocycles. The normalized spacial score (nSPS) is 16.2. The number of ether oxygens (including phenoxy) is 3. The van der Waals surface area contributed by atoms with E-state index in [4.69, 9.17) is 19.6 Å². The molecule has 0 aromatic heterocycles. The van der Waals surface area contributed by atoms with Crippen molar-refractivity contribution in [3.63, 3.8) is 0 Å². The molecule has 4 rings (SSSR count). The highest BCUT2D eigenvalue weighted by molar-refractivity contribution is 9.10. The molecule has 35 heavy (non-hydrogen) atoms. The Bertz CT molecular complexity index is 1260. The molecule has 0 aliphatic carbocycles. The fourth-order valence-electron chi connectivity index (χ4n) is 3.49. The van der Waals surface area contributed by atoms with Crippen molar-refractivity contribution in [2.24, 2.45) is 10.1 Å². The predicted molar refractivity (Wildman–Crippen MR) is 143 cm³/mol. The lowest BCUT2D eigenvalue weighted by Gasteiger charge is -2.20. The fourth-order valence-corrected chi connectivity index (χ4v) is 5.05. The van der Waals surface area contributed by atoms with Gasteiger partial charge in [-0.3, -0.25) is 10.2 Å². The summed E-state index contributed by atoms with van der Waals surface area (Å²) in [5.74, 6) is 1.36. The maximum atomic E-state index is 12.7. The van der Waals surface area contributed by atoms with E-state index in [9.17, 15) is 4.79 Å². The van der Waals surface area contributed by atoms with Crippen LogP contribution in [0.15, 0.2) is 56.5 Å². The van der Waals surface area contributed by atoms with E-state index in [1.165, 1.54) is 16.8 Å². The summed E-state index contributed by atoms with van der Waals surface area (Å²) in [5, 5.41) is 15.7. The van der Waals surface area contributed by atoms with Crippen molar-refractivity contribution < 1.29 is 19.0 Å². The van der Waals surface area contributed by atoms with Crippen molar-refractivity contribution in [1.29, 1.82) is 5.41 Å². The number of hydrogen-bond acceptors (Lipinski definition) is 7. The van der Waals surface area contributed by atoms with E-state index in [2.05, 4.69) is 32.9 Å². The number of thioether (sulfide) groups is 1. The second kappa shape index (κ2) is 11.1. The number of halogens is 1. The Labute approximate surface area is 216 Å². The summed E-state index contributed by atoms with van der Waals surface area (Å²) >= 11 is 4.87. The molecule has 1 N–H and O–H groups in total. The third-order valence-corrected chi connectivity index (χ3v) is 6.76. The van der Waals surface area contributed by atoms with Gasteiger partial charge in [-0.05, 0) is 82.9 Å². The molecule has 0 bridgehead atoms. The molecule has 2 aromatic rings. The van der Waals surface area contributed by atoms with Gasteiger partial charge in [-0.25, -0.2) is 0 Å². The van der Waals surface area contributed by atoms with Gasteiger partial charge in [-0.2, -0.15) is 15.1 Å². The van der Waals surface area contributed by atoms with E-state index in [1.54, 1.807) is 25.3 Å². The molecule has 8 nitrogen and oxygen atoms in total. The van der Waals surface area contributed by atoms with Crippen LogP contribution in [0.5, 0.6) is 17.2 Å². The first-order valence-electron chi connectivity index (χ1n) is 11.1. The summed E-state index contributed by atoms with van der Waals surface area (Å²) in [4.78, 5) is 16.8. The minimum Gasteiger partial charge on any atom is -0.493 e. The average Bonchev–Trinajstić information content (AvgIpc) is 3.24. The van der Waals surface area contributed by atoms with Crippen LogP contribution in [-0.2, 0) is 4.79 Å². The van der Waals surface area contributed by atoms with Gasteiger partial charge >= 0.3 is 0 Å². The van der Waals surface area contributed by atoms with Crippen LogP contribution in [0, 0.1) is 12.3 Å². The van der Waals surface area contributed by atoms with Crippen molar-refractivity contribution in [2.45, 2.75) is 26.7 Å². The van der Waals surface area contributed by atoms with Gasteiger partial charge in [0.05, 0.1) is 17.2 Å². The minimum absolute atomic E-state index is 0.00220. The summed E-state index contributed by atoms with van der Waals surface area (Å²) in [5.41, 5.74) is 1.88. The highest BCUT2D eigenvalue weighted by Crippen LogP contribution is 2.38. The van der Waals surface area contributed by atoms with Crippen LogP contribution < -0.4 is 14.2 Å². The number of fused-ring (bicyclic) bond motifs is 1. The van der Waals surface area contributed by atoms with Gasteiger partial charge in [0.2, 0.25) is 5.17 Å². The van der Waals surface area contributed by atoms with Crippen LogP contribution in [0.4, 0.5) is 0 Å². The molecule has 1 amide bonds. The highest BCUT2D eigenvalue weighted by Gasteiger charge is 2.35. The smallest absolute Gasteiger partial charge is 0.283 e. The first kappa shape index (κ1) is 25.0. The topological polar surface area (TPSA) is 96.6 Å². The van der Waals surface area contributed by atoms with Gasteiger partial charge in [0.15, 0.2) is 17.3 Å². The maximum absolute atomic E-state index is 12.7. The fraction of sp³-hybridized carbons (Fsp3) is 0.280. The molecule has 2 heterocycles. The molecule has 0 saturated carbocycles. The molecule has 2 aromatic carbocycles. The standard InChI is InChI=1S/C25H25BrN4O4S/c1-4-7-21-29-30-23(27)17(24(31)28-25(30)35-21)12-16-13-18(26)22(20(14-16)32-3)34-11-10-33-19-9-6-5-8-15(19)2/h5-6,8-9,12-14,27H,4,7,10-11H2,1-3H3. The van der Waals surface area contributed by atoms with Crippen molar-refractivity contribution in [2.75, 3.05) is 20.3 Å². The van der Waals surface area contributed by atoms with Crippen LogP contribution in [0.2, 0.25) is 0 Å². The number of para-hydroxylation sites is 1. The summed E-state index contributed by atoms with van der Waals surface area (Å²) in [6.45, 7) is 4.73. The van der Waals surface area contributed by atoms with Crippen LogP contribution in [0.3, 0.4) is 0 Å².